The summed E-state index contributed by atoms with van der Waals surface area (Å²) in [6, 6.07) is 13.4. The lowest BCUT2D eigenvalue weighted by Crippen LogP contribution is -2.27. The van der Waals surface area contributed by atoms with Crippen LogP contribution in [0.1, 0.15) is 10.5 Å². The van der Waals surface area contributed by atoms with Crippen molar-refractivity contribution in [1.29, 1.82) is 0 Å². The van der Waals surface area contributed by atoms with Crippen LogP contribution in [0.3, 0.4) is 0 Å². The molecule has 1 heterocycles. The van der Waals surface area contributed by atoms with Crippen molar-refractivity contribution in [3.63, 3.8) is 0 Å². The van der Waals surface area contributed by atoms with Crippen molar-refractivity contribution in [3.8, 4) is 39.5 Å². The Hall–Kier alpha value is -3.45. The number of hydrogen-bond donors (Lipinski definition) is 3. The largest absolute Gasteiger partial charge is 0.493 e. The monoisotopic (exact) mass is 396 g/mol. The van der Waals surface area contributed by atoms with Gasteiger partial charge in [-0.15, -0.1) is 0 Å². The van der Waals surface area contributed by atoms with Crippen LogP contribution in [-0.2, 0) is 0 Å². The number of carbonyl (C=O) groups excluding carboxylic acids is 1. The van der Waals surface area contributed by atoms with E-state index in [2.05, 4.69) is 10.3 Å². The summed E-state index contributed by atoms with van der Waals surface area (Å²) in [7, 11) is 4.63. The highest BCUT2D eigenvalue weighted by molar-refractivity contribution is 6.04. The SMILES string of the molecule is COc1cc(-c2c(-c3ccccc3)c[nH]c2C(=O)NCCO)cc(OC)c1OC. The van der Waals surface area contributed by atoms with Crippen LogP contribution in [0.25, 0.3) is 22.3 Å². The second kappa shape index (κ2) is 9.16. The molecule has 0 radical (unpaired) electrons. The fraction of sp³-hybridized carbons (Fsp3) is 0.227. The Kier molecular flexibility index (Phi) is 6.41. The number of carbonyl (C=O) groups is 1. The maximum absolute atomic E-state index is 12.7. The zero-order valence-electron chi connectivity index (χ0n) is 16.6. The molecule has 0 unspecified atom stereocenters. The number of methoxy groups -OCH3 is 3. The molecule has 3 aromatic rings. The minimum atomic E-state index is -0.315. The summed E-state index contributed by atoms with van der Waals surface area (Å²) in [6.07, 6.45) is 1.79. The number of amides is 1. The minimum absolute atomic E-state index is 0.141. The molecule has 0 fully saturated rings. The topological polar surface area (TPSA) is 92.8 Å². The van der Waals surface area contributed by atoms with Crippen molar-refractivity contribution >= 4 is 5.91 Å². The van der Waals surface area contributed by atoms with Crippen molar-refractivity contribution in [2.45, 2.75) is 0 Å². The Morgan fingerprint density at radius 2 is 1.66 bits per heavy atom. The zero-order chi connectivity index (χ0) is 20.8. The van der Waals surface area contributed by atoms with Crippen LogP contribution in [0.15, 0.2) is 48.7 Å². The molecule has 7 nitrogen and oxygen atoms in total. The van der Waals surface area contributed by atoms with Crippen molar-refractivity contribution in [2.75, 3.05) is 34.5 Å². The first-order valence-corrected chi connectivity index (χ1v) is 9.10. The van der Waals surface area contributed by atoms with Crippen LogP contribution in [0.4, 0.5) is 0 Å². The van der Waals surface area contributed by atoms with E-state index >= 15 is 0 Å². The molecule has 0 saturated heterocycles. The number of aliphatic hydroxyl groups excluding tert-OH is 1. The predicted molar refractivity (Wildman–Crippen MR) is 111 cm³/mol. The molecular weight excluding hydrogens is 372 g/mol. The number of rotatable bonds is 8. The molecule has 0 aliphatic carbocycles. The third-order valence-electron chi connectivity index (χ3n) is 4.54. The Morgan fingerprint density at radius 1 is 1.00 bits per heavy atom. The number of aromatic nitrogens is 1. The molecule has 0 aliphatic rings. The second-order valence-corrected chi connectivity index (χ2v) is 6.21. The number of aliphatic hydroxyl groups is 1. The van der Waals surface area contributed by atoms with E-state index in [1.54, 1.807) is 39.7 Å². The molecule has 29 heavy (non-hydrogen) atoms. The van der Waals surface area contributed by atoms with E-state index in [-0.39, 0.29) is 19.1 Å². The summed E-state index contributed by atoms with van der Waals surface area (Å²) in [5, 5.41) is 11.7. The van der Waals surface area contributed by atoms with E-state index in [9.17, 15) is 4.79 Å². The molecule has 2 aromatic carbocycles. The highest BCUT2D eigenvalue weighted by Gasteiger charge is 2.23. The van der Waals surface area contributed by atoms with Gasteiger partial charge in [0.1, 0.15) is 5.69 Å². The molecule has 0 bridgehead atoms. The quantitative estimate of drug-likeness (QED) is 0.544. The second-order valence-electron chi connectivity index (χ2n) is 6.21. The normalized spacial score (nSPS) is 10.5. The zero-order valence-corrected chi connectivity index (χ0v) is 16.6. The van der Waals surface area contributed by atoms with Gasteiger partial charge < -0.3 is 29.6 Å². The van der Waals surface area contributed by atoms with Crippen LogP contribution < -0.4 is 19.5 Å². The van der Waals surface area contributed by atoms with Gasteiger partial charge in [0, 0.05) is 23.9 Å². The smallest absolute Gasteiger partial charge is 0.268 e. The molecular formula is C22H24N2O5. The number of hydrogen-bond acceptors (Lipinski definition) is 5. The molecule has 152 valence electrons. The Morgan fingerprint density at radius 3 is 2.21 bits per heavy atom. The molecule has 1 amide bonds. The van der Waals surface area contributed by atoms with Crippen molar-refractivity contribution < 1.29 is 24.1 Å². The predicted octanol–water partition coefficient (Wildman–Crippen LogP) is 3.10. The van der Waals surface area contributed by atoms with E-state index in [0.29, 0.717) is 28.5 Å². The molecule has 7 heteroatoms. The molecule has 0 atom stereocenters. The van der Waals surface area contributed by atoms with Gasteiger partial charge in [-0.05, 0) is 23.3 Å². The van der Waals surface area contributed by atoms with Crippen LogP contribution >= 0.6 is 0 Å². The molecule has 0 aliphatic heterocycles. The molecule has 1 aromatic heterocycles. The van der Waals surface area contributed by atoms with E-state index in [4.69, 9.17) is 19.3 Å². The van der Waals surface area contributed by atoms with Crippen molar-refractivity contribution in [2.24, 2.45) is 0 Å². The van der Waals surface area contributed by atoms with Gasteiger partial charge in [0.2, 0.25) is 5.75 Å². The molecule has 3 N–H and O–H groups in total. The molecule has 0 spiro atoms. The van der Waals surface area contributed by atoms with Gasteiger partial charge in [-0.2, -0.15) is 0 Å². The van der Waals surface area contributed by atoms with Gasteiger partial charge >= 0.3 is 0 Å². The highest BCUT2D eigenvalue weighted by Crippen LogP contribution is 2.44. The standard InChI is InChI=1S/C22H24N2O5/c1-27-17-11-15(12-18(28-2)21(17)29-3)19-16(14-7-5-4-6-8-14)13-24-20(19)22(26)23-9-10-25/h4-8,11-13,24-25H,9-10H2,1-3H3,(H,23,26). The van der Waals surface area contributed by atoms with Crippen LogP contribution in [0.5, 0.6) is 17.2 Å². The Labute approximate surface area is 169 Å². The van der Waals surface area contributed by atoms with Gasteiger partial charge in [0.05, 0.1) is 27.9 Å². The number of H-pyrrole nitrogens is 1. The third-order valence-corrected chi connectivity index (χ3v) is 4.54. The van der Waals surface area contributed by atoms with Gasteiger partial charge in [0.15, 0.2) is 11.5 Å². The fourth-order valence-corrected chi connectivity index (χ4v) is 3.23. The maximum atomic E-state index is 12.7. The van der Waals surface area contributed by atoms with Gasteiger partial charge in [-0.3, -0.25) is 4.79 Å². The lowest BCUT2D eigenvalue weighted by Gasteiger charge is -2.15. The number of nitrogens with one attached hydrogen (secondary N) is 2. The molecule has 3 rings (SSSR count). The average molecular weight is 396 g/mol. The average Bonchev–Trinajstić information content (AvgIpc) is 3.22. The number of ether oxygens (including phenoxy) is 3. The summed E-state index contributed by atoms with van der Waals surface area (Å²) in [6.45, 7) is 0.0186. The Bertz CT molecular complexity index is 957. The van der Waals surface area contributed by atoms with Crippen molar-refractivity contribution in [1.82, 2.24) is 10.3 Å². The first kappa shape index (κ1) is 20.3. The van der Waals surface area contributed by atoms with E-state index in [1.165, 1.54) is 0 Å². The van der Waals surface area contributed by atoms with Gasteiger partial charge in [-0.25, -0.2) is 0 Å². The summed E-state index contributed by atoms with van der Waals surface area (Å²) in [5.41, 5.74) is 3.62. The summed E-state index contributed by atoms with van der Waals surface area (Å²) in [4.78, 5) is 15.8. The summed E-state index contributed by atoms with van der Waals surface area (Å²) >= 11 is 0. The van der Waals surface area contributed by atoms with E-state index in [1.807, 2.05) is 30.3 Å². The lowest BCUT2D eigenvalue weighted by atomic mass is 9.95. The number of aromatic amines is 1. The van der Waals surface area contributed by atoms with Crippen LogP contribution in [0.2, 0.25) is 0 Å². The van der Waals surface area contributed by atoms with Gasteiger partial charge in [0.25, 0.3) is 5.91 Å². The highest BCUT2D eigenvalue weighted by atomic mass is 16.5. The third kappa shape index (κ3) is 4.05. The number of benzene rings is 2. The van der Waals surface area contributed by atoms with Gasteiger partial charge in [-0.1, -0.05) is 30.3 Å². The van der Waals surface area contributed by atoms with Crippen LogP contribution in [0, 0.1) is 0 Å². The first-order valence-electron chi connectivity index (χ1n) is 9.10. The lowest BCUT2D eigenvalue weighted by molar-refractivity contribution is 0.0941. The Balaban J connectivity index is 2.23. The van der Waals surface area contributed by atoms with E-state index in [0.717, 1.165) is 16.7 Å². The van der Waals surface area contributed by atoms with Crippen molar-refractivity contribution in [3.05, 3.63) is 54.4 Å². The molecule has 0 saturated carbocycles. The summed E-state index contributed by atoms with van der Waals surface area (Å²) in [5.74, 6) is 1.14. The first-order chi connectivity index (χ1) is 14.1. The minimum Gasteiger partial charge on any atom is -0.493 e. The maximum Gasteiger partial charge on any atom is 0.268 e. The fourth-order valence-electron chi connectivity index (χ4n) is 3.23. The van der Waals surface area contributed by atoms with Crippen LogP contribution in [-0.4, -0.2) is 50.5 Å². The van der Waals surface area contributed by atoms with E-state index < -0.39 is 0 Å². The summed E-state index contributed by atoms with van der Waals surface area (Å²) < 4.78 is 16.4.